The molecule has 1 aliphatic heterocycles. The third-order valence-electron chi connectivity index (χ3n) is 6.30. The third-order valence-corrected chi connectivity index (χ3v) is 6.30. The number of anilines is 1. The first kappa shape index (κ1) is 26.5. The van der Waals surface area contributed by atoms with Gasteiger partial charge in [0, 0.05) is 24.7 Å². The molecule has 0 atom stereocenters. The summed E-state index contributed by atoms with van der Waals surface area (Å²) in [7, 11) is 0. The molecule has 0 spiro atoms. The van der Waals surface area contributed by atoms with Gasteiger partial charge in [0.15, 0.2) is 5.82 Å². The number of amides is 3. The second-order valence-electron chi connectivity index (χ2n) is 11.7. The Morgan fingerprint density at radius 2 is 1.57 bits per heavy atom. The molecular weight excluding hydrogens is 450 g/mol. The van der Waals surface area contributed by atoms with E-state index >= 15 is 0 Å². The van der Waals surface area contributed by atoms with Crippen LogP contribution >= 0.6 is 0 Å². The molecule has 1 saturated carbocycles. The van der Waals surface area contributed by atoms with E-state index in [-0.39, 0.29) is 28.7 Å². The van der Waals surface area contributed by atoms with Crippen LogP contribution in [0.5, 0.6) is 0 Å². The molecule has 2 heterocycles. The maximum absolute atomic E-state index is 13.0. The number of nitriles is 1. The molecule has 0 unspecified atom stereocenters. The molecule has 1 saturated heterocycles. The van der Waals surface area contributed by atoms with Crippen LogP contribution in [-0.4, -0.2) is 57.1 Å². The SMILES string of the molecule is CC(C)(C)OC(=O)N(C(=O)OC(C)(C)C)c1nn(C2CCN(C(=O)C3(C)CCC3)CC2)cc1C#N. The van der Waals surface area contributed by atoms with Gasteiger partial charge in [-0.25, -0.2) is 9.59 Å². The second kappa shape index (κ2) is 9.51. The van der Waals surface area contributed by atoms with E-state index in [4.69, 9.17) is 9.47 Å². The van der Waals surface area contributed by atoms with Crippen LogP contribution < -0.4 is 4.90 Å². The number of hydrogen-bond donors (Lipinski definition) is 0. The van der Waals surface area contributed by atoms with Gasteiger partial charge in [0.1, 0.15) is 22.8 Å². The number of piperidine rings is 1. The van der Waals surface area contributed by atoms with E-state index in [9.17, 15) is 19.6 Å². The van der Waals surface area contributed by atoms with E-state index in [0.29, 0.717) is 30.8 Å². The van der Waals surface area contributed by atoms with Gasteiger partial charge in [0.2, 0.25) is 5.91 Å². The maximum atomic E-state index is 13.0. The van der Waals surface area contributed by atoms with Gasteiger partial charge < -0.3 is 14.4 Å². The van der Waals surface area contributed by atoms with Gasteiger partial charge in [0.25, 0.3) is 0 Å². The maximum Gasteiger partial charge on any atom is 0.425 e. The van der Waals surface area contributed by atoms with Gasteiger partial charge in [-0.1, -0.05) is 13.3 Å². The fourth-order valence-electron chi connectivity index (χ4n) is 4.31. The number of aromatic nitrogens is 2. The molecule has 10 heteroatoms. The van der Waals surface area contributed by atoms with Gasteiger partial charge in [-0.05, 0) is 67.2 Å². The van der Waals surface area contributed by atoms with Crippen molar-refractivity contribution >= 4 is 23.9 Å². The normalized spacial score (nSPS) is 18.3. The molecule has 0 radical (unpaired) electrons. The molecule has 1 aliphatic carbocycles. The minimum absolute atomic E-state index is 0.0576. The number of hydrogen-bond acceptors (Lipinski definition) is 7. The Balaban J connectivity index is 1.83. The number of rotatable bonds is 3. The van der Waals surface area contributed by atoms with Crippen LogP contribution in [0.4, 0.5) is 15.4 Å². The number of nitrogens with zero attached hydrogens (tertiary/aromatic N) is 5. The summed E-state index contributed by atoms with van der Waals surface area (Å²) < 4.78 is 12.4. The van der Waals surface area contributed by atoms with Gasteiger partial charge in [0.05, 0.1) is 6.04 Å². The monoisotopic (exact) mass is 487 g/mol. The highest BCUT2D eigenvalue weighted by Crippen LogP contribution is 2.42. The molecule has 192 valence electrons. The lowest BCUT2D eigenvalue weighted by atomic mass is 9.69. The van der Waals surface area contributed by atoms with Crippen molar-refractivity contribution in [2.75, 3.05) is 18.0 Å². The Kier molecular flexibility index (Phi) is 7.21. The quantitative estimate of drug-likeness (QED) is 0.602. The van der Waals surface area contributed by atoms with Crippen LogP contribution in [0.25, 0.3) is 0 Å². The topological polar surface area (TPSA) is 118 Å². The Bertz CT molecular complexity index is 986. The molecule has 1 aromatic heterocycles. The zero-order valence-electron chi connectivity index (χ0n) is 21.9. The first-order chi connectivity index (χ1) is 16.1. The van der Waals surface area contributed by atoms with Crippen LogP contribution in [0.3, 0.4) is 0 Å². The average molecular weight is 488 g/mol. The minimum atomic E-state index is -0.970. The van der Waals surface area contributed by atoms with Crippen LogP contribution in [0.2, 0.25) is 0 Å². The Labute approximate surface area is 207 Å². The van der Waals surface area contributed by atoms with E-state index in [1.807, 2.05) is 17.9 Å². The first-order valence-corrected chi connectivity index (χ1v) is 12.2. The molecule has 1 aromatic rings. The summed E-state index contributed by atoms with van der Waals surface area (Å²) in [5.74, 6) is 0.0820. The molecule has 3 rings (SSSR count). The van der Waals surface area contributed by atoms with Crippen molar-refractivity contribution in [1.82, 2.24) is 14.7 Å². The van der Waals surface area contributed by atoms with E-state index in [1.165, 1.54) is 6.20 Å². The number of carbonyl (C=O) groups excluding carboxylic acids is 3. The summed E-state index contributed by atoms with van der Waals surface area (Å²) in [6.07, 6.45) is 3.88. The van der Waals surface area contributed by atoms with Gasteiger partial charge >= 0.3 is 12.2 Å². The van der Waals surface area contributed by atoms with Crippen LogP contribution in [-0.2, 0) is 14.3 Å². The van der Waals surface area contributed by atoms with Gasteiger partial charge in [-0.15, -0.1) is 0 Å². The van der Waals surface area contributed by atoms with E-state index in [0.717, 1.165) is 19.3 Å². The third kappa shape index (κ3) is 6.13. The lowest BCUT2D eigenvalue weighted by Gasteiger charge is -2.43. The summed E-state index contributed by atoms with van der Waals surface area (Å²) in [4.78, 5) is 41.4. The van der Waals surface area contributed by atoms with E-state index < -0.39 is 23.4 Å². The van der Waals surface area contributed by atoms with Crippen LogP contribution in [0, 0.1) is 16.7 Å². The Hall–Kier alpha value is -3.09. The standard InChI is InChI=1S/C25H37N5O5/c1-23(2,3)34-21(32)30(22(33)35-24(4,5)6)19-17(15-26)16-29(27-19)18-9-13-28(14-10-18)20(31)25(7)11-8-12-25/h16,18H,8-14H2,1-7H3. The molecule has 10 nitrogen and oxygen atoms in total. The molecule has 0 aromatic carbocycles. The largest absolute Gasteiger partial charge is 0.443 e. The highest BCUT2D eigenvalue weighted by Gasteiger charge is 2.43. The molecular formula is C25H37N5O5. The fourth-order valence-corrected chi connectivity index (χ4v) is 4.31. The number of imide groups is 1. The number of ether oxygens (including phenoxy) is 2. The molecule has 0 N–H and O–H groups in total. The summed E-state index contributed by atoms with van der Waals surface area (Å²) in [5.41, 5.74) is -1.92. The number of carbonyl (C=O) groups is 3. The molecule has 2 fully saturated rings. The summed E-state index contributed by atoms with van der Waals surface area (Å²) in [6, 6.07) is 1.95. The van der Waals surface area contributed by atoms with Crippen LogP contribution in [0.1, 0.15) is 92.2 Å². The lowest BCUT2D eigenvalue weighted by molar-refractivity contribution is -0.147. The minimum Gasteiger partial charge on any atom is -0.443 e. The molecule has 3 amide bonds. The van der Waals surface area contributed by atoms with Crippen molar-refractivity contribution in [1.29, 1.82) is 5.26 Å². The lowest BCUT2D eigenvalue weighted by Crippen LogP contribution is -2.49. The average Bonchev–Trinajstić information content (AvgIpc) is 3.12. The fraction of sp³-hybridized carbons (Fsp3) is 0.720. The molecule has 35 heavy (non-hydrogen) atoms. The van der Waals surface area contributed by atoms with Crippen molar-refractivity contribution < 1.29 is 23.9 Å². The van der Waals surface area contributed by atoms with Crippen molar-refractivity contribution in [2.24, 2.45) is 5.41 Å². The molecule has 0 bridgehead atoms. The smallest absolute Gasteiger partial charge is 0.425 e. The van der Waals surface area contributed by atoms with Crippen molar-refractivity contribution in [3.8, 4) is 6.07 Å². The highest BCUT2D eigenvalue weighted by molar-refractivity contribution is 6.09. The van der Waals surface area contributed by atoms with Crippen LogP contribution in [0.15, 0.2) is 6.20 Å². The Morgan fingerprint density at radius 1 is 1.06 bits per heavy atom. The van der Waals surface area contributed by atoms with Gasteiger partial charge in [-0.2, -0.15) is 15.3 Å². The summed E-state index contributed by atoms with van der Waals surface area (Å²) in [5, 5.41) is 14.2. The number of likely N-dealkylation sites (tertiary alicyclic amines) is 1. The zero-order chi connectivity index (χ0) is 26.2. The summed E-state index contributed by atoms with van der Waals surface area (Å²) >= 11 is 0. The zero-order valence-corrected chi connectivity index (χ0v) is 21.9. The van der Waals surface area contributed by atoms with E-state index in [2.05, 4.69) is 5.10 Å². The van der Waals surface area contributed by atoms with Crippen molar-refractivity contribution in [3.05, 3.63) is 11.8 Å². The van der Waals surface area contributed by atoms with Gasteiger partial charge in [-0.3, -0.25) is 9.48 Å². The second-order valence-corrected chi connectivity index (χ2v) is 11.7. The highest BCUT2D eigenvalue weighted by atomic mass is 16.6. The predicted octanol–water partition coefficient (Wildman–Crippen LogP) is 4.79. The summed E-state index contributed by atoms with van der Waals surface area (Å²) in [6.45, 7) is 13.3. The van der Waals surface area contributed by atoms with E-state index in [1.54, 1.807) is 46.2 Å². The molecule has 2 aliphatic rings. The first-order valence-electron chi connectivity index (χ1n) is 12.2. The van der Waals surface area contributed by atoms with Crippen molar-refractivity contribution in [3.63, 3.8) is 0 Å². The Morgan fingerprint density at radius 3 is 1.97 bits per heavy atom. The predicted molar refractivity (Wildman–Crippen MR) is 129 cm³/mol. The van der Waals surface area contributed by atoms with Crippen molar-refractivity contribution in [2.45, 2.75) is 97.8 Å².